The van der Waals surface area contributed by atoms with Gasteiger partial charge in [-0.3, -0.25) is 14.5 Å². The lowest BCUT2D eigenvalue weighted by Crippen LogP contribution is -2.57. The van der Waals surface area contributed by atoms with Crippen molar-refractivity contribution in [3.05, 3.63) is 0 Å². The van der Waals surface area contributed by atoms with Crippen LogP contribution in [0.25, 0.3) is 0 Å². The molecule has 6 heteroatoms. The SMILES string of the molecule is COC(=O)C(C)(C)CN1CCOCC1C(=O)NC1CC1. The predicted octanol–water partition coefficient (Wildman–Crippen LogP) is 0.165. The van der Waals surface area contributed by atoms with Crippen LogP contribution >= 0.6 is 0 Å². The highest BCUT2D eigenvalue weighted by Crippen LogP contribution is 2.23. The first-order valence-corrected chi connectivity index (χ1v) is 7.14. The normalized spacial score (nSPS) is 24.2. The van der Waals surface area contributed by atoms with Gasteiger partial charge in [-0.2, -0.15) is 0 Å². The lowest BCUT2D eigenvalue weighted by molar-refractivity contribution is -0.154. The van der Waals surface area contributed by atoms with Crippen LogP contribution in [-0.2, 0) is 19.1 Å². The van der Waals surface area contributed by atoms with E-state index >= 15 is 0 Å². The Morgan fingerprint density at radius 3 is 2.70 bits per heavy atom. The number of carbonyl (C=O) groups excluding carboxylic acids is 2. The van der Waals surface area contributed by atoms with Gasteiger partial charge in [0, 0.05) is 19.1 Å². The quantitative estimate of drug-likeness (QED) is 0.729. The molecule has 2 fully saturated rings. The number of ether oxygens (including phenoxy) is 2. The molecule has 1 atom stereocenters. The second kappa shape index (κ2) is 6.10. The van der Waals surface area contributed by atoms with E-state index in [4.69, 9.17) is 9.47 Å². The van der Waals surface area contributed by atoms with Gasteiger partial charge in [-0.15, -0.1) is 0 Å². The minimum absolute atomic E-state index is 0.00728. The molecule has 1 heterocycles. The molecule has 1 amide bonds. The molecule has 2 rings (SSSR count). The number of esters is 1. The Morgan fingerprint density at radius 2 is 2.10 bits per heavy atom. The summed E-state index contributed by atoms with van der Waals surface area (Å²) < 4.78 is 10.2. The second-order valence-corrected chi connectivity index (χ2v) is 6.22. The van der Waals surface area contributed by atoms with Crippen LogP contribution in [-0.4, -0.2) is 62.3 Å². The van der Waals surface area contributed by atoms with E-state index in [9.17, 15) is 9.59 Å². The Bertz CT molecular complexity index is 379. The zero-order chi connectivity index (χ0) is 14.8. The molecular formula is C14H24N2O4. The number of rotatable bonds is 5. The summed E-state index contributed by atoms with van der Waals surface area (Å²) in [5.74, 6) is -0.252. The molecule has 1 N–H and O–H groups in total. The number of amides is 1. The van der Waals surface area contributed by atoms with Gasteiger partial charge in [0.25, 0.3) is 0 Å². The Hall–Kier alpha value is -1.14. The van der Waals surface area contributed by atoms with Crippen LogP contribution < -0.4 is 5.32 Å². The summed E-state index contributed by atoms with van der Waals surface area (Å²) in [6.45, 7) is 5.80. The molecule has 0 aromatic carbocycles. The molecule has 1 aliphatic carbocycles. The van der Waals surface area contributed by atoms with Gasteiger partial charge in [-0.05, 0) is 26.7 Å². The fraction of sp³-hybridized carbons (Fsp3) is 0.857. The summed E-state index contributed by atoms with van der Waals surface area (Å²) in [4.78, 5) is 26.1. The fourth-order valence-electron chi connectivity index (χ4n) is 2.44. The van der Waals surface area contributed by atoms with Crippen molar-refractivity contribution in [3.8, 4) is 0 Å². The number of nitrogens with one attached hydrogen (secondary N) is 1. The zero-order valence-corrected chi connectivity index (χ0v) is 12.5. The van der Waals surface area contributed by atoms with Crippen LogP contribution in [0.15, 0.2) is 0 Å². The van der Waals surface area contributed by atoms with Crippen molar-refractivity contribution in [2.75, 3.05) is 33.4 Å². The first-order chi connectivity index (χ1) is 9.44. The highest BCUT2D eigenvalue weighted by molar-refractivity contribution is 5.83. The zero-order valence-electron chi connectivity index (χ0n) is 12.5. The first-order valence-electron chi connectivity index (χ1n) is 7.14. The van der Waals surface area contributed by atoms with Crippen molar-refractivity contribution in [3.63, 3.8) is 0 Å². The maximum Gasteiger partial charge on any atom is 0.312 e. The van der Waals surface area contributed by atoms with E-state index in [1.54, 1.807) is 0 Å². The topological polar surface area (TPSA) is 67.9 Å². The molecular weight excluding hydrogens is 260 g/mol. The number of methoxy groups -OCH3 is 1. The predicted molar refractivity (Wildman–Crippen MR) is 73.1 cm³/mol. The Kier molecular flexibility index (Phi) is 4.65. The molecule has 1 saturated carbocycles. The monoisotopic (exact) mass is 284 g/mol. The van der Waals surface area contributed by atoms with Crippen LogP contribution in [0.1, 0.15) is 26.7 Å². The molecule has 2 aliphatic rings. The van der Waals surface area contributed by atoms with Crippen LogP contribution in [0.5, 0.6) is 0 Å². The molecule has 20 heavy (non-hydrogen) atoms. The van der Waals surface area contributed by atoms with Gasteiger partial charge in [0.1, 0.15) is 6.04 Å². The Labute approximate surface area is 119 Å². The second-order valence-electron chi connectivity index (χ2n) is 6.22. The minimum atomic E-state index is -0.635. The van der Waals surface area contributed by atoms with Crippen molar-refractivity contribution in [2.24, 2.45) is 5.41 Å². The van der Waals surface area contributed by atoms with Crippen LogP contribution in [0.3, 0.4) is 0 Å². The average molecular weight is 284 g/mol. The van der Waals surface area contributed by atoms with Crippen molar-refractivity contribution in [1.82, 2.24) is 10.2 Å². The third-order valence-corrected chi connectivity index (χ3v) is 3.80. The van der Waals surface area contributed by atoms with E-state index in [-0.39, 0.29) is 17.9 Å². The summed E-state index contributed by atoms with van der Waals surface area (Å²) in [5, 5.41) is 3.01. The van der Waals surface area contributed by atoms with Crippen molar-refractivity contribution in [2.45, 2.75) is 38.8 Å². The number of hydrogen-bond donors (Lipinski definition) is 1. The summed E-state index contributed by atoms with van der Waals surface area (Å²) in [5.41, 5.74) is -0.635. The van der Waals surface area contributed by atoms with Gasteiger partial charge in [0.05, 0.1) is 25.7 Å². The molecule has 114 valence electrons. The highest BCUT2D eigenvalue weighted by Gasteiger charge is 2.38. The fourth-order valence-corrected chi connectivity index (χ4v) is 2.44. The standard InChI is InChI=1S/C14H24N2O4/c1-14(2,13(18)19-3)9-16-6-7-20-8-11(16)12(17)15-10-4-5-10/h10-11H,4-9H2,1-3H3,(H,15,17). The van der Waals surface area contributed by atoms with Crippen LogP contribution in [0.2, 0.25) is 0 Å². The molecule has 0 bridgehead atoms. The third-order valence-electron chi connectivity index (χ3n) is 3.80. The summed E-state index contributed by atoms with van der Waals surface area (Å²) in [6.07, 6.45) is 2.12. The van der Waals surface area contributed by atoms with Crippen LogP contribution in [0, 0.1) is 5.41 Å². The van der Waals surface area contributed by atoms with Gasteiger partial charge in [0.2, 0.25) is 5.91 Å². The largest absolute Gasteiger partial charge is 0.469 e. The molecule has 0 aromatic heterocycles. The summed E-state index contributed by atoms with van der Waals surface area (Å²) in [6, 6.07) is 0.0215. The van der Waals surface area contributed by atoms with Gasteiger partial charge < -0.3 is 14.8 Å². The van der Waals surface area contributed by atoms with Gasteiger partial charge >= 0.3 is 5.97 Å². The van der Waals surface area contributed by atoms with Crippen molar-refractivity contribution in [1.29, 1.82) is 0 Å². The summed E-state index contributed by atoms with van der Waals surface area (Å²) in [7, 11) is 1.39. The molecule has 0 spiro atoms. The molecule has 0 aromatic rings. The maximum atomic E-state index is 12.2. The number of carbonyl (C=O) groups is 2. The Balaban J connectivity index is 1.98. The number of hydrogen-bond acceptors (Lipinski definition) is 5. The van der Waals surface area contributed by atoms with E-state index in [1.165, 1.54) is 7.11 Å². The van der Waals surface area contributed by atoms with E-state index in [1.807, 2.05) is 18.7 Å². The smallest absolute Gasteiger partial charge is 0.312 e. The lowest BCUT2D eigenvalue weighted by Gasteiger charge is -2.38. The first kappa shape index (κ1) is 15.3. The third kappa shape index (κ3) is 3.70. The summed E-state index contributed by atoms with van der Waals surface area (Å²) >= 11 is 0. The molecule has 0 radical (unpaired) electrons. The van der Waals surface area contributed by atoms with Gasteiger partial charge in [-0.25, -0.2) is 0 Å². The van der Waals surface area contributed by atoms with E-state index in [0.717, 1.165) is 12.8 Å². The minimum Gasteiger partial charge on any atom is -0.469 e. The van der Waals surface area contributed by atoms with Gasteiger partial charge in [0.15, 0.2) is 0 Å². The molecule has 1 aliphatic heterocycles. The van der Waals surface area contributed by atoms with Crippen molar-refractivity contribution >= 4 is 11.9 Å². The van der Waals surface area contributed by atoms with E-state index < -0.39 is 5.41 Å². The molecule has 6 nitrogen and oxygen atoms in total. The number of nitrogens with zero attached hydrogens (tertiary/aromatic N) is 1. The number of morpholine rings is 1. The lowest BCUT2D eigenvalue weighted by atomic mass is 9.92. The van der Waals surface area contributed by atoms with E-state index in [2.05, 4.69) is 5.32 Å². The maximum absolute atomic E-state index is 12.2. The highest BCUT2D eigenvalue weighted by atomic mass is 16.5. The Morgan fingerprint density at radius 1 is 1.40 bits per heavy atom. The molecule has 1 saturated heterocycles. The average Bonchev–Trinajstić information content (AvgIpc) is 3.21. The van der Waals surface area contributed by atoms with Crippen LogP contribution in [0.4, 0.5) is 0 Å². The van der Waals surface area contributed by atoms with E-state index in [0.29, 0.717) is 32.3 Å². The van der Waals surface area contributed by atoms with Crippen molar-refractivity contribution < 1.29 is 19.1 Å². The van der Waals surface area contributed by atoms with Gasteiger partial charge in [-0.1, -0.05) is 0 Å². The molecule has 1 unspecified atom stereocenters.